The molecule has 0 N–H and O–H groups in total. The lowest BCUT2D eigenvalue weighted by molar-refractivity contribution is -0.133. The molecule has 0 aromatic heterocycles. The number of carbonyl (C=O) groups excluding carboxylic acids is 1. The summed E-state index contributed by atoms with van der Waals surface area (Å²) in [4.78, 5) is 16.3. The molecule has 0 radical (unpaired) electrons. The van der Waals surface area contributed by atoms with E-state index in [2.05, 4.69) is 43.3 Å². The number of hydrogen-bond donors (Lipinski definition) is 0. The Morgan fingerprint density at radius 2 is 0.939 bits per heavy atom. The molecular formula is C30H38O2S. The Morgan fingerprint density at radius 3 is 1.33 bits per heavy atom. The number of rotatable bonds is 14. The summed E-state index contributed by atoms with van der Waals surface area (Å²) in [7, 11) is -2.14. The van der Waals surface area contributed by atoms with Crippen LogP contribution in [0.3, 0.4) is 0 Å². The molecular weight excluding hydrogens is 424 g/mol. The summed E-state index contributed by atoms with van der Waals surface area (Å²) in [5.74, 6) is -0.107. The van der Waals surface area contributed by atoms with Crippen LogP contribution in [0.25, 0.3) is 0 Å². The van der Waals surface area contributed by atoms with Crippen LogP contribution in [0.1, 0.15) is 71.1 Å². The zero-order chi connectivity index (χ0) is 23.2. The van der Waals surface area contributed by atoms with Gasteiger partial charge < -0.3 is 4.18 Å². The van der Waals surface area contributed by atoms with Gasteiger partial charge in [0.25, 0.3) is 0 Å². The van der Waals surface area contributed by atoms with Gasteiger partial charge >= 0.3 is 5.97 Å². The van der Waals surface area contributed by atoms with Crippen LogP contribution in [0.4, 0.5) is 0 Å². The van der Waals surface area contributed by atoms with Crippen molar-refractivity contribution in [2.75, 3.05) is 0 Å². The monoisotopic (exact) mass is 462 g/mol. The molecule has 3 rings (SSSR count). The Hall–Kier alpha value is -2.52. The number of hydrogen-bond acceptors (Lipinski definition) is 2. The normalized spacial score (nSPS) is 11.8. The lowest BCUT2D eigenvalue weighted by atomic mass is 10.1. The Morgan fingerprint density at radius 1 is 0.576 bits per heavy atom. The molecule has 33 heavy (non-hydrogen) atoms. The van der Waals surface area contributed by atoms with Gasteiger partial charge in [0.15, 0.2) is 0 Å². The molecule has 0 aliphatic carbocycles. The summed E-state index contributed by atoms with van der Waals surface area (Å²) in [5.41, 5.74) is 0. The third-order valence-corrected chi connectivity index (χ3v) is 9.17. The Kier molecular flexibility index (Phi) is 10.6. The van der Waals surface area contributed by atoms with Gasteiger partial charge in [0.05, 0.1) is 0 Å². The van der Waals surface area contributed by atoms with Crippen LogP contribution in [0.5, 0.6) is 0 Å². The van der Waals surface area contributed by atoms with Crippen molar-refractivity contribution < 1.29 is 8.98 Å². The Labute approximate surface area is 201 Å². The molecule has 0 heterocycles. The van der Waals surface area contributed by atoms with Crippen LogP contribution in [0.15, 0.2) is 106 Å². The molecule has 0 spiro atoms. The van der Waals surface area contributed by atoms with Crippen molar-refractivity contribution in [2.24, 2.45) is 0 Å². The molecule has 0 aliphatic rings. The molecule has 0 aliphatic heterocycles. The molecule has 176 valence electrons. The van der Waals surface area contributed by atoms with Crippen LogP contribution < -0.4 is 0 Å². The molecule has 3 aromatic carbocycles. The van der Waals surface area contributed by atoms with E-state index in [9.17, 15) is 4.79 Å². The van der Waals surface area contributed by atoms with Crippen molar-refractivity contribution in [2.45, 2.75) is 85.8 Å². The van der Waals surface area contributed by atoms with Gasteiger partial charge in [0.1, 0.15) is 0 Å². The fourth-order valence-electron chi connectivity index (χ4n) is 4.15. The lowest BCUT2D eigenvalue weighted by Crippen LogP contribution is -2.13. The minimum absolute atomic E-state index is 0.107. The van der Waals surface area contributed by atoms with E-state index in [4.69, 9.17) is 4.18 Å². The predicted molar refractivity (Wildman–Crippen MR) is 140 cm³/mol. The average Bonchev–Trinajstić information content (AvgIpc) is 2.88. The highest BCUT2D eigenvalue weighted by molar-refractivity contribution is 8.30. The summed E-state index contributed by atoms with van der Waals surface area (Å²) >= 11 is 0. The van der Waals surface area contributed by atoms with Gasteiger partial charge in [-0.1, -0.05) is 113 Å². The van der Waals surface area contributed by atoms with E-state index < -0.39 is 10.3 Å². The molecule has 2 nitrogen and oxygen atoms in total. The van der Waals surface area contributed by atoms with E-state index >= 15 is 0 Å². The SMILES string of the molecule is CCCCCCCCCCCC(=O)OS(c1ccccc1)(c1ccccc1)c1ccccc1. The highest BCUT2D eigenvalue weighted by Gasteiger charge is 2.35. The predicted octanol–water partition coefficient (Wildman–Crippen LogP) is 9.35. The third kappa shape index (κ3) is 7.23. The van der Waals surface area contributed by atoms with Crippen LogP contribution >= 0.6 is 10.3 Å². The largest absolute Gasteiger partial charge is 0.402 e. The standard InChI is InChI=1S/C30H38O2S/c1-2-3-4-5-6-7-8-9-19-26-30(31)32-33(27-20-13-10-14-21-27,28-22-15-11-16-23-28)29-24-17-12-18-25-29/h10-18,20-25H,2-9,19,26H2,1H3. The highest BCUT2D eigenvalue weighted by atomic mass is 32.3. The molecule has 0 atom stereocenters. The van der Waals surface area contributed by atoms with Gasteiger partial charge in [-0.15, -0.1) is 0 Å². The second-order valence-corrected chi connectivity index (χ2v) is 11.2. The zero-order valence-electron chi connectivity index (χ0n) is 20.0. The maximum atomic E-state index is 13.2. The van der Waals surface area contributed by atoms with E-state index in [1.54, 1.807) is 0 Å². The lowest BCUT2D eigenvalue weighted by Gasteiger charge is -2.39. The zero-order valence-corrected chi connectivity index (χ0v) is 20.8. The second kappa shape index (κ2) is 13.9. The summed E-state index contributed by atoms with van der Waals surface area (Å²) in [6.45, 7) is 2.25. The summed E-state index contributed by atoms with van der Waals surface area (Å²) in [5, 5.41) is 0. The van der Waals surface area contributed by atoms with Crippen molar-refractivity contribution in [1.29, 1.82) is 0 Å². The van der Waals surface area contributed by atoms with E-state index in [0.29, 0.717) is 6.42 Å². The number of carbonyl (C=O) groups is 1. The van der Waals surface area contributed by atoms with Gasteiger partial charge in [-0.2, -0.15) is 0 Å². The molecule has 3 heteroatoms. The molecule has 0 fully saturated rings. The molecule has 0 unspecified atom stereocenters. The average molecular weight is 463 g/mol. The summed E-state index contributed by atoms with van der Waals surface area (Å²) < 4.78 is 6.51. The van der Waals surface area contributed by atoms with Crippen molar-refractivity contribution in [3.8, 4) is 0 Å². The summed E-state index contributed by atoms with van der Waals surface area (Å²) in [6, 6.07) is 30.7. The number of benzene rings is 3. The fraction of sp³-hybridized carbons (Fsp3) is 0.367. The van der Waals surface area contributed by atoms with Crippen molar-refractivity contribution in [3.63, 3.8) is 0 Å². The minimum Gasteiger partial charge on any atom is -0.402 e. The maximum absolute atomic E-state index is 13.2. The first-order chi connectivity index (χ1) is 16.3. The highest BCUT2D eigenvalue weighted by Crippen LogP contribution is 2.69. The van der Waals surface area contributed by atoms with E-state index in [0.717, 1.165) is 27.5 Å². The first kappa shape index (κ1) is 25.1. The van der Waals surface area contributed by atoms with Gasteiger partial charge in [-0.3, -0.25) is 4.79 Å². The third-order valence-electron chi connectivity index (χ3n) is 5.93. The molecule has 3 aromatic rings. The van der Waals surface area contributed by atoms with Gasteiger partial charge in [-0.25, -0.2) is 0 Å². The number of unbranched alkanes of at least 4 members (excludes halogenated alkanes) is 8. The first-order valence-corrected chi connectivity index (χ1v) is 14.0. The second-order valence-electron chi connectivity index (χ2n) is 8.53. The van der Waals surface area contributed by atoms with Crippen molar-refractivity contribution >= 4 is 16.3 Å². The van der Waals surface area contributed by atoms with Crippen LogP contribution in [-0.2, 0) is 8.98 Å². The van der Waals surface area contributed by atoms with E-state index in [1.165, 1.54) is 44.9 Å². The fourth-order valence-corrected chi connectivity index (χ4v) is 7.24. The van der Waals surface area contributed by atoms with Gasteiger partial charge in [0, 0.05) is 21.1 Å². The quantitative estimate of drug-likeness (QED) is 0.223. The first-order valence-electron chi connectivity index (χ1n) is 12.5. The maximum Gasteiger partial charge on any atom is 0.317 e. The van der Waals surface area contributed by atoms with E-state index in [1.807, 2.05) is 54.6 Å². The van der Waals surface area contributed by atoms with Gasteiger partial charge in [-0.05, 0) is 53.1 Å². The Balaban J connectivity index is 1.71. The minimum atomic E-state index is -2.14. The summed E-state index contributed by atoms with van der Waals surface area (Å²) in [6.07, 6.45) is 11.6. The topological polar surface area (TPSA) is 26.3 Å². The smallest absolute Gasteiger partial charge is 0.317 e. The van der Waals surface area contributed by atoms with E-state index in [-0.39, 0.29) is 5.97 Å². The van der Waals surface area contributed by atoms with Crippen LogP contribution in [0.2, 0.25) is 0 Å². The van der Waals surface area contributed by atoms with Crippen LogP contribution in [0, 0.1) is 0 Å². The Bertz CT molecular complexity index is 829. The van der Waals surface area contributed by atoms with Crippen molar-refractivity contribution in [1.82, 2.24) is 0 Å². The van der Waals surface area contributed by atoms with Crippen molar-refractivity contribution in [3.05, 3.63) is 91.0 Å². The van der Waals surface area contributed by atoms with Crippen LogP contribution in [-0.4, -0.2) is 5.97 Å². The molecule has 0 amide bonds. The van der Waals surface area contributed by atoms with Gasteiger partial charge in [0.2, 0.25) is 0 Å². The molecule has 0 saturated carbocycles. The molecule has 0 saturated heterocycles. The molecule has 0 bridgehead atoms.